The highest BCUT2D eigenvalue weighted by Gasteiger charge is 2.32. The molecule has 0 aliphatic carbocycles. The van der Waals surface area contributed by atoms with Crippen LogP contribution >= 0.6 is 0 Å². The highest BCUT2D eigenvalue weighted by Crippen LogP contribution is 2.17. The monoisotopic (exact) mass is 254 g/mol. The smallest absolute Gasteiger partial charge is 0.0971 e. The molecule has 102 valence electrons. The van der Waals surface area contributed by atoms with Gasteiger partial charge >= 0.3 is 0 Å². The van der Waals surface area contributed by atoms with Gasteiger partial charge in [0, 0.05) is 53.1 Å². The van der Waals surface area contributed by atoms with Gasteiger partial charge < -0.3 is 19.8 Å². The van der Waals surface area contributed by atoms with E-state index in [0.29, 0.717) is 6.54 Å². The van der Waals surface area contributed by atoms with Gasteiger partial charge in [0.25, 0.3) is 0 Å². The Balaban J connectivity index is 1.89. The van der Waals surface area contributed by atoms with Crippen molar-refractivity contribution in [3.63, 3.8) is 0 Å². The molecule has 1 saturated heterocycles. The van der Waals surface area contributed by atoms with Gasteiger partial charge in [-0.15, -0.1) is 0 Å². The molecule has 2 unspecified atom stereocenters. The van der Waals surface area contributed by atoms with E-state index in [2.05, 4.69) is 16.1 Å². The van der Waals surface area contributed by atoms with Crippen LogP contribution < -0.4 is 5.73 Å². The van der Waals surface area contributed by atoms with Crippen LogP contribution in [-0.2, 0) is 22.6 Å². The second-order valence-corrected chi connectivity index (χ2v) is 4.63. The van der Waals surface area contributed by atoms with Crippen LogP contribution in [0.5, 0.6) is 0 Å². The molecule has 2 rings (SSSR count). The van der Waals surface area contributed by atoms with Crippen molar-refractivity contribution >= 4 is 0 Å². The predicted octanol–water partition coefficient (Wildman–Crippen LogP) is -0.313. The molecule has 18 heavy (non-hydrogen) atoms. The van der Waals surface area contributed by atoms with Crippen molar-refractivity contribution in [1.82, 2.24) is 14.5 Å². The summed E-state index contributed by atoms with van der Waals surface area (Å²) in [6.07, 6.45) is 4.19. The molecular weight excluding hydrogens is 232 g/mol. The first kappa shape index (κ1) is 13.5. The van der Waals surface area contributed by atoms with Crippen molar-refractivity contribution in [3.05, 3.63) is 18.2 Å². The molecule has 2 N–H and O–H groups in total. The maximum absolute atomic E-state index is 5.51. The summed E-state index contributed by atoms with van der Waals surface area (Å²) in [7, 11) is 3.46. The second-order valence-electron chi connectivity index (χ2n) is 4.63. The minimum absolute atomic E-state index is 0.154. The van der Waals surface area contributed by atoms with Crippen molar-refractivity contribution in [2.24, 2.45) is 5.73 Å². The second kappa shape index (κ2) is 6.29. The van der Waals surface area contributed by atoms with Crippen LogP contribution in [0, 0.1) is 0 Å². The first-order valence-corrected chi connectivity index (χ1v) is 6.25. The Morgan fingerprint density at radius 3 is 2.56 bits per heavy atom. The highest BCUT2D eigenvalue weighted by molar-refractivity contribution is 4.99. The van der Waals surface area contributed by atoms with Gasteiger partial charge in [-0.2, -0.15) is 0 Å². The fourth-order valence-electron chi connectivity index (χ4n) is 2.39. The van der Waals surface area contributed by atoms with Crippen molar-refractivity contribution in [3.8, 4) is 0 Å². The number of nitrogens with two attached hydrogens (primary N) is 1. The molecule has 0 aromatic carbocycles. The van der Waals surface area contributed by atoms with Gasteiger partial charge in [-0.25, -0.2) is 4.98 Å². The van der Waals surface area contributed by atoms with Gasteiger partial charge in [0.2, 0.25) is 0 Å². The van der Waals surface area contributed by atoms with Crippen molar-refractivity contribution in [2.75, 3.05) is 33.9 Å². The van der Waals surface area contributed by atoms with E-state index in [1.807, 2.05) is 10.9 Å². The van der Waals surface area contributed by atoms with Crippen LogP contribution in [0.15, 0.2) is 12.5 Å². The summed E-state index contributed by atoms with van der Waals surface area (Å²) in [5, 5.41) is 0. The molecule has 2 heterocycles. The van der Waals surface area contributed by atoms with Gasteiger partial charge in [0.15, 0.2) is 0 Å². The Morgan fingerprint density at radius 2 is 2.00 bits per heavy atom. The molecule has 0 radical (unpaired) electrons. The van der Waals surface area contributed by atoms with Gasteiger partial charge in [-0.1, -0.05) is 0 Å². The lowest BCUT2D eigenvalue weighted by Gasteiger charge is -2.13. The molecule has 0 saturated carbocycles. The van der Waals surface area contributed by atoms with Crippen molar-refractivity contribution < 1.29 is 9.47 Å². The average Bonchev–Trinajstić information content (AvgIpc) is 2.97. The summed E-state index contributed by atoms with van der Waals surface area (Å²) in [6, 6.07) is 0. The van der Waals surface area contributed by atoms with E-state index in [1.165, 1.54) is 0 Å². The van der Waals surface area contributed by atoms with Crippen molar-refractivity contribution in [1.29, 1.82) is 0 Å². The molecule has 1 aromatic heterocycles. The van der Waals surface area contributed by atoms with Crippen LogP contribution in [0.4, 0.5) is 0 Å². The largest absolute Gasteiger partial charge is 0.377 e. The average molecular weight is 254 g/mol. The number of methoxy groups -OCH3 is 2. The van der Waals surface area contributed by atoms with E-state index in [-0.39, 0.29) is 12.2 Å². The summed E-state index contributed by atoms with van der Waals surface area (Å²) in [5.74, 6) is 0. The topological polar surface area (TPSA) is 65.5 Å². The van der Waals surface area contributed by atoms with E-state index in [1.54, 1.807) is 14.2 Å². The van der Waals surface area contributed by atoms with E-state index in [0.717, 1.165) is 31.9 Å². The number of nitrogens with zero attached hydrogens (tertiary/aromatic N) is 3. The highest BCUT2D eigenvalue weighted by atomic mass is 16.5. The molecule has 6 nitrogen and oxygen atoms in total. The molecule has 0 amide bonds. The SMILES string of the molecule is COC1CN(Cc2cn(CCN)cn2)CC1OC. The molecule has 1 aromatic rings. The number of ether oxygens (including phenoxy) is 2. The number of hydrogen-bond donors (Lipinski definition) is 1. The first-order valence-electron chi connectivity index (χ1n) is 6.25. The lowest BCUT2D eigenvalue weighted by molar-refractivity contribution is -0.00461. The third-order valence-electron chi connectivity index (χ3n) is 3.36. The minimum Gasteiger partial charge on any atom is -0.377 e. The predicted molar refractivity (Wildman–Crippen MR) is 68.2 cm³/mol. The Morgan fingerprint density at radius 1 is 1.33 bits per heavy atom. The summed E-state index contributed by atoms with van der Waals surface area (Å²) in [6.45, 7) is 4.06. The Bertz CT molecular complexity index is 357. The van der Waals surface area contributed by atoms with E-state index >= 15 is 0 Å². The normalized spacial score (nSPS) is 24.8. The van der Waals surface area contributed by atoms with Crippen LogP contribution in [0.1, 0.15) is 5.69 Å². The number of rotatable bonds is 6. The van der Waals surface area contributed by atoms with Crippen LogP contribution in [0.25, 0.3) is 0 Å². The Kier molecular flexibility index (Phi) is 4.71. The lowest BCUT2D eigenvalue weighted by atomic mass is 10.3. The quantitative estimate of drug-likeness (QED) is 0.754. The minimum atomic E-state index is 0.154. The third-order valence-corrected chi connectivity index (χ3v) is 3.36. The molecule has 2 atom stereocenters. The first-order chi connectivity index (χ1) is 8.76. The fourth-order valence-corrected chi connectivity index (χ4v) is 2.39. The summed E-state index contributed by atoms with van der Waals surface area (Å²) >= 11 is 0. The summed E-state index contributed by atoms with van der Waals surface area (Å²) in [5.41, 5.74) is 6.58. The van der Waals surface area contributed by atoms with E-state index in [4.69, 9.17) is 15.2 Å². The van der Waals surface area contributed by atoms with Gasteiger partial charge in [-0.3, -0.25) is 4.90 Å². The standard InChI is InChI=1S/C12H22N4O2/c1-17-11-7-16(8-12(11)18-2)6-10-5-15(4-3-13)9-14-10/h5,9,11-12H,3-4,6-8,13H2,1-2H3. The van der Waals surface area contributed by atoms with Gasteiger partial charge in [0.1, 0.15) is 0 Å². The zero-order chi connectivity index (χ0) is 13.0. The Labute approximate surface area is 108 Å². The molecule has 1 aliphatic rings. The molecule has 0 spiro atoms. The van der Waals surface area contributed by atoms with Crippen molar-refractivity contribution in [2.45, 2.75) is 25.3 Å². The number of hydrogen-bond acceptors (Lipinski definition) is 5. The molecule has 0 bridgehead atoms. The maximum Gasteiger partial charge on any atom is 0.0971 e. The van der Waals surface area contributed by atoms with E-state index in [9.17, 15) is 0 Å². The fraction of sp³-hybridized carbons (Fsp3) is 0.750. The van der Waals surface area contributed by atoms with Crippen LogP contribution in [0.3, 0.4) is 0 Å². The zero-order valence-electron chi connectivity index (χ0n) is 11.1. The molecular formula is C12H22N4O2. The summed E-state index contributed by atoms with van der Waals surface area (Å²) < 4.78 is 12.9. The van der Waals surface area contributed by atoms with Crippen LogP contribution in [0.2, 0.25) is 0 Å². The Hall–Kier alpha value is -0.950. The maximum atomic E-state index is 5.51. The number of aromatic nitrogens is 2. The number of likely N-dealkylation sites (tertiary alicyclic amines) is 1. The number of imidazole rings is 1. The van der Waals surface area contributed by atoms with E-state index < -0.39 is 0 Å². The van der Waals surface area contributed by atoms with Crippen LogP contribution in [-0.4, -0.2) is 60.5 Å². The lowest BCUT2D eigenvalue weighted by Crippen LogP contribution is -2.27. The molecule has 1 aliphatic heterocycles. The van der Waals surface area contributed by atoms with Gasteiger partial charge in [-0.05, 0) is 0 Å². The third kappa shape index (κ3) is 3.08. The molecule has 1 fully saturated rings. The summed E-state index contributed by atoms with van der Waals surface area (Å²) in [4.78, 5) is 6.69. The molecule has 6 heteroatoms. The van der Waals surface area contributed by atoms with Gasteiger partial charge in [0.05, 0.1) is 24.2 Å². The zero-order valence-corrected chi connectivity index (χ0v) is 11.1.